The Labute approximate surface area is 92.9 Å². The van der Waals surface area contributed by atoms with Gasteiger partial charge in [-0.25, -0.2) is 0 Å². The average molecular weight is 203 g/mol. The molecule has 82 valence electrons. The van der Waals surface area contributed by atoms with Gasteiger partial charge in [-0.05, 0) is 36.0 Å². The Hall–Kier alpha value is -0.980. The minimum Gasteiger partial charge on any atom is -0.385 e. The van der Waals surface area contributed by atoms with Gasteiger partial charge in [0.1, 0.15) is 0 Å². The third kappa shape index (κ3) is 2.34. The minimum absolute atomic E-state index is 0.828. The smallest absolute Gasteiger partial charge is 0.0373 e. The van der Waals surface area contributed by atoms with Gasteiger partial charge >= 0.3 is 0 Å². The van der Waals surface area contributed by atoms with E-state index < -0.39 is 0 Å². The predicted octanol–water partition coefficient (Wildman–Crippen LogP) is 3.63. The summed E-state index contributed by atoms with van der Waals surface area (Å²) >= 11 is 0. The molecule has 0 saturated heterocycles. The molecule has 0 aromatic heterocycles. The van der Waals surface area contributed by atoms with Gasteiger partial charge in [-0.2, -0.15) is 0 Å². The van der Waals surface area contributed by atoms with Crippen LogP contribution in [0, 0.1) is 5.92 Å². The second kappa shape index (κ2) is 4.69. The SMILES string of the molecule is CCCc1ccc2c(c1)CC(CC)CN2. The third-order valence-electron chi connectivity index (χ3n) is 3.38. The summed E-state index contributed by atoms with van der Waals surface area (Å²) in [5.74, 6) is 0.828. The van der Waals surface area contributed by atoms with E-state index in [2.05, 4.69) is 37.4 Å². The van der Waals surface area contributed by atoms with Gasteiger partial charge in [0.2, 0.25) is 0 Å². The summed E-state index contributed by atoms with van der Waals surface area (Å²) in [6, 6.07) is 6.92. The standard InChI is InChI=1S/C14H21N/c1-3-5-12-6-7-14-13(9-12)8-11(4-2)10-15-14/h6-7,9,11,15H,3-5,8,10H2,1-2H3. The van der Waals surface area contributed by atoms with Gasteiger partial charge in [-0.3, -0.25) is 0 Å². The zero-order valence-electron chi connectivity index (χ0n) is 9.84. The molecule has 1 atom stereocenters. The van der Waals surface area contributed by atoms with Gasteiger partial charge in [0.25, 0.3) is 0 Å². The molecule has 1 N–H and O–H groups in total. The second-order valence-corrected chi connectivity index (χ2v) is 4.60. The fourth-order valence-electron chi connectivity index (χ4n) is 2.36. The molecule has 0 aliphatic carbocycles. The van der Waals surface area contributed by atoms with Crippen LogP contribution >= 0.6 is 0 Å². The van der Waals surface area contributed by atoms with Crippen molar-refractivity contribution in [3.8, 4) is 0 Å². The van der Waals surface area contributed by atoms with E-state index in [0.717, 1.165) is 12.5 Å². The Balaban J connectivity index is 2.19. The Morgan fingerprint density at radius 3 is 2.93 bits per heavy atom. The lowest BCUT2D eigenvalue weighted by Crippen LogP contribution is -2.22. The van der Waals surface area contributed by atoms with Crippen LogP contribution in [-0.4, -0.2) is 6.54 Å². The molecule has 1 aromatic carbocycles. The molecule has 0 spiro atoms. The minimum atomic E-state index is 0.828. The second-order valence-electron chi connectivity index (χ2n) is 4.60. The maximum Gasteiger partial charge on any atom is 0.0373 e. The van der Waals surface area contributed by atoms with E-state index in [9.17, 15) is 0 Å². The highest BCUT2D eigenvalue weighted by Crippen LogP contribution is 2.27. The van der Waals surface area contributed by atoms with Crippen LogP contribution in [0.4, 0.5) is 5.69 Å². The maximum absolute atomic E-state index is 3.53. The van der Waals surface area contributed by atoms with E-state index in [1.54, 1.807) is 0 Å². The van der Waals surface area contributed by atoms with Crippen LogP contribution in [0.3, 0.4) is 0 Å². The number of rotatable bonds is 3. The first-order valence-corrected chi connectivity index (χ1v) is 6.19. The Kier molecular flexibility index (Phi) is 3.30. The largest absolute Gasteiger partial charge is 0.385 e. The van der Waals surface area contributed by atoms with Crippen molar-refractivity contribution >= 4 is 5.69 Å². The topological polar surface area (TPSA) is 12.0 Å². The van der Waals surface area contributed by atoms with Crippen molar-refractivity contribution in [2.45, 2.75) is 39.5 Å². The van der Waals surface area contributed by atoms with E-state index in [-0.39, 0.29) is 0 Å². The van der Waals surface area contributed by atoms with Gasteiger partial charge in [0.15, 0.2) is 0 Å². The average Bonchev–Trinajstić information content (AvgIpc) is 2.28. The van der Waals surface area contributed by atoms with Crippen LogP contribution in [-0.2, 0) is 12.8 Å². The Morgan fingerprint density at radius 1 is 1.33 bits per heavy atom. The highest BCUT2D eigenvalue weighted by atomic mass is 14.9. The maximum atomic E-state index is 3.53. The zero-order chi connectivity index (χ0) is 10.7. The summed E-state index contributed by atoms with van der Waals surface area (Å²) in [6.45, 7) is 5.68. The molecule has 0 radical (unpaired) electrons. The van der Waals surface area contributed by atoms with Gasteiger partial charge in [0.05, 0.1) is 0 Å². The van der Waals surface area contributed by atoms with Crippen molar-refractivity contribution in [3.05, 3.63) is 29.3 Å². The molecule has 1 heterocycles. The van der Waals surface area contributed by atoms with Crippen molar-refractivity contribution in [1.82, 2.24) is 0 Å². The first kappa shape index (κ1) is 10.5. The molecule has 0 saturated carbocycles. The molecule has 1 aliphatic rings. The molecule has 2 rings (SSSR count). The van der Waals surface area contributed by atoms with E-state index in [1.807, 2.05) is 0 Å². The summed E-state index contributed by atoms with van der Waals surface area (Å²) < 4.78 is 0. The van der Waals surface area contributed by atoms with Crippen LogP contribution in [0.5, 0.6) is 0 Å². The third-order valence-corrected chi connectivity index (χ3v) is 3.38. The van der Waals surface area contributed by atoms with E-state index in [1.165, 1.54) is 42.5 Å². The Bertz CT molecular complexity index is 330. The number of hydrogen-bond donors (Lipinski definition) is 1. The van der Waals surface area contributed by atoms with E-state index >= 15 is 0 Å². The quantitative estimate of drug-likeness (QED) is 0.791. The van der Waals surface area contributed by atoms with Crippen molar-refractivity contribution in [2.75, 3.05) is 11.9 Å². The summed E-state index contributed by atoms with van der Waals surface area (Å²) in [5.41, 5.74) is 4.38. The molecule has 1 heteroatoms. The first-order valence-electron chi connectivity index (χ1n) is 6.19. The summed E-state index contributed by atoms with van der Waals surface area (Å²) in [6.07, 6.45) is 4.99. The van der Waals surface area contributed by atoms with E-state index in [0.29, 0.717) is 0 Å². The highest BCUT2D eigenvalue weighted by Gasteiger charge is 2.16. The lowest BCUT2D eigenvalue weighted by Gasteiger charge is -2.25. The monoisotopic (exact) mass is 203 g/mol. The molecule has 0 amide bonds. The van der Waals surface area contributed by atoms with Gasteiger partial charge in [-0.1, -0.05) is 38.8 Å². The molecule has 0 fully saturated rings. The molecule has 1 unspecified atom stereocenters. The number of nitrogens with one attached hydrogen (secondary N) is 1. The van der Waals surface area contributed by atoms with Crippen molar-refractivity contribution in [2.24, 2.45) is 5.92 Å². The fraction of sp³-hybridized carbons (Fsp3) is 0.571. The summed E-state index contributed by atoms with van der Waals surface area (Å²) in [5, 5.41) is 3.53. The Morgan fingerprint density at radius 2 is 2.20 bits per heavy atom. The number of hydrogen-bond acceptors (Lipinski definition) is 1. The molecule has 1 aliphatic heterocycles. The van der Waals surface area contributed by atoms with Crippen LogP contribution in [0.1, 0.15) is 37.8 Å². The van der Waals surface area contributed by atoms with Crippen molar-refractivity contribution < 1.29 is 0 Å². The van der Waals surface area contributed by atoms with Crippen molar-refractivity contribution in [1.29, 1.82) is 0 Å². The van der Waals surface area contributed by atoms with Gasteiger partial charge in [-0.15, -0.1) is 0 Å². The van der Waals surface area contributed by atoms with Crippen LogP contribution in [0.2, 0.25) is 0 Å². The van der Waals surface area contributed by atoms with Crippen molar-refractivity contribution in [3.63, 3.8) is 0 Å². The lowest BCUT2D eigenvalue weighted by atomic mass is 9.90. The normalized spacial score (nSPS) is 19.5. The van der Waals surface area contributed by atoms with Gasteiger partial charge < -0.3 is 5.32 Å². The predicted molar refractivity (Wildman–Crippen MR) is 66.4 cm³/mol. The van der Waals surface area contributed by atoms with Gasteiger partial charge in [0, 0.05) is 12.2 Å². The summed E-state index contributed by atoms with van der Waals surface area (Å²) in [4.78, 5) is 0. The molecular weight excluding hydrogens is 182 g/mol. The molecule has 1 nitrogen and oxygen atoms in total. The first-order chi connectivity index (χ1) is 7.33. The van der Waals surface area contributed by atoms with Crippen LogP contribution in [0.15, 0.2) is 18.2 Å². The number of anilines is 1. The fourth-order valence-corrected chi connectivity index (χ4v) is 2.36. The zero-order valence-corrected chi connectivity index (χ0v) is 9.84. The van der Waals surface area contributed by atoms with Crippen LogP contribution < -0.4 is 5.32 Å². The highest BCUT2D eigenvalue weighted by molar-refractivity contribution is 5.54. The number of fused-ring (bicyclic) bond motifs is 1. The summed E-state index contributed by atoms with van der Waals surface area (Å²) in [7, 11) is 0. The number of benzene rings is 1. The lowest BCUT2D eigenvalue weighted by molar-refractivity contribution is 0.520. The molecule has 1 aromatic rings. The molecule has 15 heavy (non-hydrogen) atoms. The van der Waals surface area contributed by atoms with E-state index in [4.69, 9.17) is 0 Å². The molecular formula is C14H21N. The molecule has 0 bridgehead atoms. The number of aryl methyl sites for hydroxylation is 1. The van der Waals surface area contributed by atoms with Crippen LogP contribution in [0.25, 0.3) is 0 Å².